The lowest BCUT2D eigenvalue weighted by molar-refractivity contribution is 0.841. The van der Waals surface area contributed by atoms with Crippen molar-refractivity contribution < 1.29 is 0 Å². The third-order valence-corrected chi connectivity index (χ3v) is 1.87. The lowest BCUT2D eigenvalue weighted by Crippen LogP contribution is -1.84. The van der Waals surface area contributed by atoms with Crippen molar-refractivity contribution in [2.75, 3.05) is 0 Å². The number of hydrogen-bond donors (Lipinski definition) is 0. The zero-order valence-electron chi connectivity index (χ0n) is 7.06. The predicted octanol–water partition coefficient (Wildman–Crippen LogP) is 2.17. The minimum absolute atomic E-state index is 0.324. The molecule has 1 aromatic rings. The van der Waals surface area contributed by atoms with Crippen LogP contribution in [0.2, 0.25) is 0 Å². The SMILES string of the molecule is CC(C)c1c(C(C)C)c1=O. The summed E-state index contributed by atoms with van der Waals surface area (Å²) in [4.78, 5) is 11.0. The fraction of sp³-hybridized carbons (Fsp3) is 0.667. The van der Waals surface area contributed by atoms with Crippen molar-refractivity contribution in [3.05, 3.63) is 21.4 Å². The monoisotopic (exact) mass is 138 g/mol. The fourth-order valence-electron chi connectivity index (χ4n) is 1.34. The van der Waals surface area contributed by atoms with Crippen LogP contribution in [0, 0.1) is 0 Å². The molecule has 0 aliphatic carbocycles. The summed E-state index contributed by atoms with van der Waals surface area (Å²) in [5.41, 5.74) is 2.48. The lowest BCUT2D eigenvalue weighted by atomic mass is 10.1. The van der Waals surface area contributed by atoms with E-state index >= 15 is 0 Å². The first-order valence-corrected chi connectivity index (χ1v) is 3.84. The topological polar surface area (TPSA) is 17.1 Å². The molecule has 0 saturated heterocycles. The highest BCUT2D eigenvalue weighted by molar-refractivity contribution is 5.43. The Morgan fingerprint density at radius 3 is 1.30 bits per heavy atom. The van der Waals surface area contributed by atoms with Crippen molar-refractivity contribution in [3.63, 3.8) is 0 Å². The van der Waals surface area contributed by atoms with Crippen LogP contribution in [0.5, 0.6) is 0 Å². The molecule has 0 atom stereocenters. The van der Waals surface area contributed by atoms with E-state index in [-0.39, 0.29) is 0 Å². The molecule has 0 aromatic heterocycles. The molecule has 56 valence electrons. The second-order valence-electron chi connectivity index (χ2n) is 3.47. The summed E-state index contributed by atoms with van der Waals surface area (Å²) in [6.45, 7) is 8.29. The Kier molecular flexibility index (Phi) is 1.67. The largest absolute Gasteiger partial charge is 0.289 e. The molecule has 1 rings (SSSR count). The molecule has 0 N–H and O–H groups in total. The molecule has 0 spiro atoms. The van der Waals surface area contributed by atoms with E-state index in [2.05, 4.69) is 27.7 Å². The molecule has 0 saturated carbocycles. The van der Waals surface area contributed by atoms with E-state index in [0.717, 1.165) is 11.1 Å². The lowest BCUT2D eigenvalue weighted by Gasteiger charge is -1.95. The molecule has 0 aliphatic heterocycles. The summed E-state index contributed by atoms with van der Waals surface area (Å²) in [5.74, 6) is 0.870. The standard InChI is InChI=1S/C9H14O/c1-5(2)7-8(6(3)4)9(7)10/h5-6H,1-4H3. The Hall–Kier alpha value is -0.590. The Morgan fingerprint density at radius 1 is 0.900 bits per heavy atom. The maximum Gasteiger partial charge on any atom is 0.186 e. The molecule has 10 heavy (non-hydrogen) atoms. The van der Waals surface area contributed by atoms with E-state index in [1.165, 1.54) is 0 Å². The molecule has 1 heteroatoms. The predicted molar refractivity (Wildman–Crippen MR) is 43.3 cm³/mol. The Balaban J connectivity index is 2.80. The average Bonchev–Trinajstić information content (AvgIpc) is 2.40. The van der Waals surface area contributed by atoms with Crippen LogP contribution in [0.3, 0.4) is 0 Å². The molecule has 0 fully saturated rings. The summed E-state index contributed by atoms with van der Waals surface area (Å²) in [6, 6.07) is 0. The van der Waals surface area contributed by atoms with Gasteiger partial charge in [-0.05, 0) is 11.8 Å². The van der Waals surface area contributed by atoms with Gasteiger partial charge in [-0.3, -0.25) is 4.79 Å². The second-order valence-corrected chi connectivity index (χ2v) is 3.47. The van der Waals surface area contributed by atoms with Crippen LogP contribution in [-0.4, -0.2) is 0 Å². The van der Waals surface area contributed by atoms with E-state index in [0.29, 0.717) is 17.3 Å². The highest BCUT2D eigenvalue weighted by Gasteiger charge is 2.26. The van der Waals surface area contributed by atoms with Crippen LogP contribution >= 0.6 is 0 Å². The summed E-state index contributed by atoms with van der Waals surface area (Å²) in [6.07, 6.45) is 0. The van der Waals surface area contributed by atoms with Gasteiger partial charge < -0.3 is 0 Å². The fourth-order valence-corrected chi connectivity index (χ4v) is 1.34. The summed E-state index contributed by atoms with van der Waals surface area (Å²) >= 11 is 0. The Labute approximate surface area is 61.8 Å². The zero-order chi connectivity index (χ0) is 7.89. The van der Waals surface area contributed by atoms with E-state index < -0.39 is 0 Å². The normalized spacial score (nSPS) is 12.2. The van der Waals surface area contributed by atoms with Gasteiger partial charge in [-0.2, -0.15) is 0 Å². The quantitative estimate of drug-likeness (QED) is 0.612. The molecule has 0 heterocycles. The van der Waals surface area contributed by atoms with Crippen LogP contribution in [0.1, 0.15) is 50.7 Å². The molecule has 0 amide bonds. The van der Waals surface area contributed by atoms with Crippen molar-refractivity contribution in [2.24, 2.45) is 0 Å². The molecular weight excluding hydrogens is 124 g/mol. The maximum atomic E-state index is 11.0. The first-order chi connectivity index (χ1) is 4.55. The first kappa shape index (κ1) is 7.52. The summed E-state index contributed by atoms with van der Waals surface area (Å²) in [5, 5.41) is 0. The Bertz CT molecular complexity index is 213. The average molecular weight is 138 g/mol. The van der Waals surface area contributed by atoms with Crippen molar-refractivity contribution >= 4 is 0 Å². The minimum atomic E-state index is 0.324. The van der Waals surface area contributed by atoms with Gasteiger partial charge in [0.25, 0.3) is 0 Å². The molecule has 0 aliphatic rings. The minimum Gasteiger partial charge on any atom is -0.289 e. The molecule has 1 aromatic carbocycles. The number of hydrogen-bond acceptors (Lipinski definition) is 1. The van der Waals surface area contributed by atoms with Crippen molar-refractivity contribution in [2.45, 2.75) is 39.5 Å². The van der Waals surface area contributed by atoms with Gasteiger partial charge in [0.2, 0.25) is 0 Å². The highest BCUT2D eigenvalue weighted by atomic mass is 16.1. The van der Waals surface area contributed by atoms with Gasteiger partial charge in [0.05, 0.1) is 0 Å². The third kappa shape index (κ3) is 1.00. The molecule has 0 bridgehead atoms. The molecular formula is C9H14O. The molecule has 0 radical (unpaired) electrons. The first-order valence-electron chi connectivity index (χ1n) is 3.84. The van der Waals surface area contributed by atoms with Gasteiger partial charge in [-0.25, -0.2) is 0 Å². The van der Waals surface area contributed by atoms with Crippen LogP contribution < -0.4 is 5.43 Å². The van der Waals surface area contributed by atoms with Crippen molar-refractivity contribution in [3.8, 4) is 0 Å². The van der Waals surface area contributed by atoms with Gasteiger partial charge in [0, 0.05) is 11.1 Å². The summed E-state index contributed by atoms with van der Waals surface area (Å²) in [7, 11) is 0. The second kappa shape index (κ2) is 2.22. The van der Waals surface area contributed by atoms with Crippen LogP contribution in [0.25, 0.3) is 0 Å². The zero-order valence-corrected chi connectivity index (χ0v) is 7.06. The van der Waals surface area contributed by atoms with Gasteiger partial charge >= 0.3 is 0 Å². The van der Waals surface area contributed by atoms with Gasteiger partial charge in [0.1, 0.15) is 0 Å². The van der Waals surface area contributed by atoms with Crippen LogP contribution in [-0.2, 0) is 0 Å². The van der Waals surface area contributed by atoms with Crippen LogP contribution in [0.4, 0.5) is 0 Å². The maximum absolute atomic E-state index is 11.0. The Morgan fingerprint density at radius 2 is 1.20 bits per heavy atom. The van der Waals surface area contributed by atoms with Crippen LogP contribution in [0.15, 0.2) is 4.79 Å². The van der Waals surface area contributed by atoms with E-state index in [1.54, 1.807) is 0 Å². The van der Waals surface area contributed by atoms with Gasteiger partial charge in [-0.1, -0.05) is 27.7 Å². The molecule has 1 nitrogen and oxygen atoms in total. The number of rotatable bonds is 2. The van der Waals surface area contributed by atoms with Gasteiger partial charge in [0.15, 0.2) is 5.43 Å². The van der Waals surface area contributed by atoms with E-state index in [4.69, 9.17) is 0 Å². The molecule has 0 unspecified atom stereocenters. The summed E-state index contributed by atoms with van der Waals surface area (Å²) < 4.78 is 0. The smallest absolute Gasteiger partial charge is 0.186 e. The van der Waals surface area contributed by atoms with Crippen molar-refractivity contribution in [1.82, 2.24) is 0 Å². The third-order valence-electron chi connectivity index (χ3n) is 1.87. The highest BCUT2D eigenvalue weighted by Crippen LogP contribution is 2.26. The van der Waals surface area contributed by atoms with E-state index in [9.17, 15) is 4.79 Å². The van der Waals surface area contributed by atoms with Crippen molar-refractivity contribution in [1.29, 1.82) is 0 Å². The van der Waals surface area contributed by atoms with Gasteiger partial charge in [-0.15, -0.1) is 0 Å². The van der Waals surface area contributed by atoms with E-state index in [1.807, 2.05) is 0 Å².